The summed E-state index contributed by atoms with van der Waals surface area (Å²) in [6, 6.07) is 1.38. The summed E-state index contributed by atoms with van der Waals surface area (Å²) in [7, 11) is 0. The van der Waals surface area contributed by atoms with E-state index in [1.54, 1.807) is 13.8 Å². The van der Waals surface area contributed by atoms with Crippen LogP contribution in [0, 0.1) is 0 Å². The van der Waals surface area contributed by atoms with E-state index in [-0.39, 0.29) is 17.7 Å². The van der Waals surface area contributed by atoms with E-state index in [2.05, 4.69) is 0 Å². The molecule has 0 amide bonds. The smallest absolute Gasteiger partial charge is 0.342 e. The molecule has 0 saturated heterocycles. The molecule has 0 radical (unpaired) electrons. The van der Waals surface area contributed by atoms with Crippen molar-refractivity contribution in [2.24, 2.45) is 0 Å². The summed E-state index contributed by atoms with van der Waals surface area (Å²) in [4.78, 5) is 11.3. The average molecular weight is 198 g/mol. The van der Waals surface area contributed by atoms with Crippen LogP contribution in [0.25, 0.3) is 0 Å². The van der Waals surface area contributed by atoms with E-state index < -0.39 is 11.7 Å². The summed E-state index contributed by atoms with van der Waals surface area (Å²) in [5, 5.41) is 18.5. The molecule has 1 heterocycles. The van der Waals surface area contributed by atoms with Crippen LogP contribution in [0.3, 0.4) is 0 Å². The van der Waals surface area contributed by atoms with Crippen LogP contribution in [0.1, 0.15) is 25.2 Å². The van der Waals surface area contributed by atoms with Crippen LogP contribution in [0.2, 0.25) is 0 Å². The van der Waals surface area contributed by atoms with Gasteiger partial charge in [0.25, 0.3) is 0 Å². The van der Waals surface area contributed by atoms with Crippen LogP contribution in [0.4, 0.5) is 0 Å². The predicted molar refractivity (Wildman–Crippen MR) is 51.4 cm³/mol. The largest absolute Gasteiger partial charge is 0.507 e. The van der Waals surface area contributed by atoms with Crippen LogP contribution >= 0.6 is 0 Å². The first kappa shape index (κ1) is 10.8. The molecule has 0 saturated carbocycles. The standard InChI is InChI=1S/C10H14O4/c1-3-8-9(12)5-7(4-6(2)11)14-10(8)13/h5-6,11-12H,3-4H2,1-2H3. The van der Waals surface area contributed by atoms with Gasteiger partial charge >= 0.3 is 5.63 Å². The first-order chi connectivity index (χ1) is 6.54. The van der Waals surface area contributed by atoms with Crippen molar-refractivity contribution in [2.45, 2.75) is 32.8 Å². The minimum atomic E-state index is -0.593. The van der Waals surface area contributed by atoms with Gasteiger partial charge in [-0.3, -0.25) is 0 Å². The summed E-state index contributed by atoms with van der Waals surface area (Å²) >= 11 is 0. The maximum atomic E-state index is 11.3. The van der Waals surface area contributed by atoms with Gasteiger partial charge in [0, 0.05) is 12.5 Å². The highest BCUT2D eigenvalue weighted by Gasteiger charge is 2.10. The van der Waals surface area contributed by atoms with Crippen LogP contribution < -0.4 is 5.63 Å². The Kier molecular flexibility index (Phi) is 3.30. The van der Waals surface area contributed by atoms with Gasteiger partial charge in [0.05, 0.1) is 11.7 Å². The van der Waals surface area contributed by atoms with Crippen molar-refractivity contribution in [1.29, 1.82) is 0 Å². The van der Waals surface area contributed by atoms with Gasteiger partial charge in [0.2, 0.25) is 0 Å². The van der Waals surface area contributed by atoms with Crippen molar-refractivity contribution in [3.8, 4) is 5.75 Å². The van der Waals surface area contributed by atoms with Crippen molar-refractivity contribution >= 4 is 0 Å². The molecule has 0 aliphatic rings. The average Bonchev–Trinajstić information content (AvgIpc) is 2.01. The van der Waals surface area contributed by atoms with Crippen molar-refractivity contribution in [2.75, 3.05) is 0 Å². The zero-order valence-corrected chi connectivity index (χ0v) is 8.28. The number of aliphatic hydroxyl groups is 1. The van der Waals surface area contributed by atoms with Crippen molar-refractivity contribution in [3.63, 3.8) is 0 Å². The first-order valence-electron chi connectivity index (χ1n) is 4.57. The molecule has 0 aliphatic heterocycles. The van der Waals surface area contributed by atoms with Gasteiger partial charge in [-0.25, -0.2) is 4.79 Å². The number of hydrogen-bond donors (Lipinski definition) is 2. The third-order valence-corrected chi connectivity index (χ3v) is 1.93. The third kappa shape index (κ3) is 2.35. The molecule has 0 aromatic carbocycles. The lowest BCUT2D eigenvalue weighted by Crippen LogP contribution is -2.11. The lowest BCUT2D eigenvalue weighted by molar-refractivity contribution is 0.185. The number of rotatable bonds is 3. The highest BCUT2D eigenvalue weighted by Crippen LogP contribution is 2.16. The Labute approximate surface area is 81.8 Å². The van der Waals surface area contributed by atoms with Gasteiger partial charge in [-0.15, -0.1) is 0 Å². The zero-order chi connectivity index (χ0) is 10.7. The molecule has 4 nitrogen and oxygen atoms in total. The first-order valence-corrected chi connectivity index (χ1v) is 4.57. The van der Waals surface area contributed by atoms with Gasteiger partial charge < -0.3 is 14.6 Å². The normalized spacial score (nSPS) is 12.8. The Morgan fingerprint density at radius 2 is 2.21 bits per heavy atom. The molecule has 0 spiro atoms. The summed E-state index contributed by atoms with van der Waals surface area (Å²) in [6.45, 7) is 3.35. The maximum Gasteiger partial charge on any atom is 0.342 e. The fourth-order valence-electron chi connectivity index (χ4n) is 1.27. The molecule has 1 aromatic rings. The topological polar surface area (TPSA) is 70.7 Å². The SMILES string of the molecule is CCc1c(O)cc(CC(C)O)oc1=O. The maximum absolute atomic E-state index is 11.3. The fourth-order valence-corrected chi connectivity index (χ4v) is 1.27. The second kappa shape index (κ2) is 4.28. The lowest BCUT2D eigenvalue weighted by Gasteiger charge is -2.05. The molecule has 2 N–H and O–H groups in total. The van der Waals surface area contributed by atoms with Gasteiger partial charge in [-0.2, -0.15) is 0 Å². The second-order valence-corrected chi connectivity index (χ2v) is 3.27. The molecular weight excluding hydrogens is 184 g/mol. The molecule has 14 heavy (non-hydrogen) atoms. The molecule has 4 heteroatoms. The van der Waals surface area contributed by atoms with E-state index in [0.717, 1.165) is 0 Å². The van der Waals surface area contributed by atoms with E-state index >= 15 is 0 Å². The quantitative estimate of drug-likeness (QED) is 0.754. The minimum absolute atomic E-state index is 0.0561. The molecular formula is C10H14O4. The van der Waals surface area contributed by atoms with E-state index in [1.165, 1.54) is 6.07 Å². The summed E-state index contributed by atoms with van der Waals surface area (Å²) in [5.74, 6) is 0.249. The van der Waals surface area contributed by atoms with Crippen molar-refractivity contribution in [1.82, 2.24) is 0 Å². The fraction of sp³-hybridized carbons (Fsp3) is 0.500. The van der Waals surface area contributed by atoms with Gasteiger partial charge in [-0.1, -0.05) is 6.92 Å². The van der Waals surface area contributed by atoms with Crippen LogP contribution in [-0.2, 0) is 12.8 Å². The highest BCUT2D eigenvalue weighted by molar-refractivity contribution is 5.29. The summed E-state index contributed by atoms with van der Waals surface area (Å²) < 4.78 is 4.92. The van der Waals surface area contributed by atoms with E-state index in [1.807, 2.05) is 0 Å². The Bertz CT molecular complexity index is 365. The second-order valence-electron chi connectivity index (χ2n) is 3.27. The lowest BCUT2D eigenvalue weighted by atomic mass is 10.1. The van der Waals surface area contributed by atoms with Crippen LogP contribution in [0.5, 0.6) is 5.75 Å². The monoisotopic (exact) mass is 198 g/mol. The van der Waals surface area contributed by atoms with Gasteiger partial charge in [-0.05, 0) is 13.3 Å². The van der Waals surface area contributed by atoms with E-state index in [4.69, 9.17) is 9.52 Å². The molecule has 0 fully saturated rings. The van der Waals surface area contributed by atoms with E-state index in [9.17, 15) is 9.90 Å². The van der Waals surface area contributed by atoms with Crippen molar-refractivity contribution in [3.05, 3.63) is 27.8 Å². The Balaban J connectivity index is 3.08. The number of aromatic hydroxyl groups is 1. The van der Waals surface area contributed by atoms with Crippen LogP contribution in [-0.4, -0.2) is 16.3 Å². The van der Waals surface area contributed by atoms with Gasteiger partial charge in [0.15, 0.2) is 0 Å². The molecule has 0 aliphatic carbocycles. The zero-order valence-electron chi connectivity index (χ0n) is 8.28. The summed E-state index contributed by atoms with van der Waals surface area (Å²) in [5.41, 5.74) is -0.248. The Morgan fingerprint density at radius 1 is 1.57 bits per heavy atom. The number of hydrogen-bond acceptors (Lipinski definition) is 4. The molecule has 1 rings (SSSR count). The van der Waals surface area contributed by atoms with Crippen molar-refractivity contribution < 1.29 is 14.6 Å². The Hall–Kier alpha value is -1.29. The molecule has 0 bridgehead atoms. The molecule has 1 atom stereocenters. The third-order valence-electron chi connectivity index (χ3n) is 1.93. The van der Waals surface area contributed by atoms with E-state index in [0.29, 0.717) is 12.2 Å². The molecule has 1 unspecified atom stereocenters. The summed E-state index contributed by atoms with van der Waals surface area (Å²) in [6.07, 6.45) is 0.0701. The highest BCUT2D eigenvalue weighted by atomic mass is 16.4. The number of aliphatic hydroxyl groups excluding tert-OH is 1. The molecule has 1 aromatic heterocycles. The molecule has 78 valence electrons. The predicted octanol–water partition coefficient (Wildman–Crippen LogP) is 0.831. The Morgan fingerprint density at radius 3 is 2.64 bits per heavy atom. The minimum Gasteiger partial charge on any atom is -0.507 e. The van der Waals surface area contributed by atoms with Gasteiger partial charge in [0.1, 0.15) is 11.5 Å². The van der Waals surface area contributed by atoms with Crippen LogP contribution in [0.15, 0.2) is 15.3 Å².